The summed E-state index contributed by atoms with van der Waals surface area (Å²) in [6.07, 6.45) is 6.01. The Morgan fingerprint density at radius 2 is 2.09 bits per heavy atom. The van der Waals surface area contributed by atoms with Gasteiger partial charge in [0.15, 0.2) is 11.6 Å². The first kappa shape index (κ1) is 25.5. The molecule has 1 aliphatic heterocycles. The van der Waals surface area contributed by atoms with Gasteiger partial charge in [0.1, 0.15) is 17.7 Å². The number of aldehydes is 1. The van der Waals surface area contributed by atoms with E-state index in [1.54, 1.807) is 24.4 Å². The van der Waals surface area contributed by atoms with Gasteiger partial charge in [-0.25, -0.2) is 4.39 Å². The number of ether oxygens (including phenoxy) is 1. The topological polar surface area (TPSA) is 87.1 Å². The lowest BCUT2D eigenvalue weighted by Crippen LogP contribution is -2.24. The number of nitroso groups, excluding NO2 is 1. The normalized spacial score (nSPS) is 14.9. The number of allylic oxidation sites excluding steroid dienone is 1. The summed E-state index contributed by atoms with van der Waals surface area (Å²) in [5.41, 5.74) is 2.47. The van der Waals surface area contributed by atoms with Crippen molar-refractivity contribution >= 4 is 23.3 Å². The monoisotopic (exact) mass is 477 g/mol. The Kier molecular flexibility index (Phi) is 9.02. The second kappa shape index (κ2) is 12.4. The number of anilines is 3. The van der Waals surface area contributed by atoms with Crippen LogP contribution in [-0.2, 0) is 4.79 Å². The van der Waals surface area contributed by atoms with Crippen LogP contribution in [0.3, 0.4) is 0 Å². The standard InChI is InChI=1S/C23H24FN5O2.C3H4O/c1-16-4-3-5-19(12-16)31-23-7-6-18(13-20(23)24)29(27-30)22-14-25-10-8-21(22)26-17-9-11-28(2)15-17;1-2-3-4/h3-8,10,12-14,17H,9,11,15H2,1-2H3,(H,25,26);2-3H,1H2. The van der Waals surface area contributed by atoms with Crippen LogP contribution < -0.4 is 15.1 Å². The zero-order valence-electron chi connectivity index (χ0n) is 19.7. The van der Waals surface area contributed by atoms with Crippen molar-refractivity contribution in [1.82, 2.24) is 9.88 Å². The first-order chi connectivity index (χ1) is 16.9. The van der Waals surface area contributed by atoms with E-state index in [9.17, 15) is 9.30 Å². The van der Waals surface area contributed by atoms with E-state index in [0.29, 0.717) is 17.7 Å². The molecule has 1 N–H and O–H groups in total. The van der Waals surface area contributed by atoms with E-state index < -0.39 is 5.82 Å². The van der Waals surface area contributed by atoms with Gasteiger partial charge in [0, 0.05) is 24.8 Å². The highest BCUT2D eigenvalue weighted by Gasteiger charge is 2.22. The fraction of sp³-hybridized carbons (Fsp3) is 0.231. The molecule has 35 heavy (non-hydrogen) atoms. The molecule has 0 radical (unpaired) electrons. The molecule has 0 bridgehead atoms. The van der Waals surface area contributed by atoms with E-state index in [0.717, 1.165) is 35.8 Å². The van der Waals surface area contributed by atoms with Crippen LogP contribution in [0.1, 0.15) is 12.0 Å². The Balaban J connectivity index is 0.000000795. The zero-order valence-corrected chi connectivity index (χ0v) is 19.7. The Labute approximate surface area is 204 Å². The molecule has 8 nitrogen and oxygen atoms in total. The van der Waals surface area contributed by atoms with Gasteiger partial charge in [-0.15, -0.1) is 4.91 Å². The van der Waals surface area contributed by atoms with Crippen molar-refractivity contribution in [1.29, 1.82) is 0 Å². The third-order valence-corrected chi connectivity index (χ3v) is 5.33. The van der Waals surface area contributed by atoms with Gasteiger partial charge >= 0.3 is 0 Å². The second-order valence-electron chi connectivity index (χ2n) is 8.08. The molecule has 1 atom stereocenters. The fourth-order valence-electron chi connectivity index (χ4n) is 3.69. The highest BCUT2D eigenvalue weighted by molar-refractivity contribution is 5.75. The molecule has 1 unspecified atom stereocenters. The number of rotatable bonds is 8. The molecule has 1 saturated heterocycles. The van der Waals surface area contributed by atoms with Crippen LogP contribution in [0.15, 0.2) is 78.9 Å². The van der Waals surface area contributed by atoms with E-state index in [-0.39, 0.29) is 17.5 Å². The molecular weight excluding hydrogens is 449 g/mol. The molecule has 1 aromatic heterocycles. The first-order valence-electron chi connectivity index (χ1n) is 11.1. The summed E-state index contributed by atoms with van der Waals surface area (Å²) in [5, 5.41) is 7.71. The first-order valence-corrected chi connectivity index (χ1v) is 11.1. The number of carbonyl (C=O) groups excluding carboxylic acids is 1. The number of carbonyl (C=O) groups is 1. The molecule has 0 spiro atoms. The van der Waals surface area contributed by atoms with E-state index in [2.05, 4.69) is 34.1 Å². The van der Waals surface area contributed by atoms with Crippen molar-refractivity contribution in [2.75, 3.05) is 30.5 Å². The Bertz CT molecular complexity index is 1170. The van der Waals surface area contributed by atoms with Crippen LogP contribution in [0.2, 0.25) is 0 Å². The van der Waals surface area contributed by atoms with Crippen molar-refractivity contribution in [2.24, 2.45) is 5.29 Å². The summed E-state index contributed by atoms with van der Waals surface area (Å²) in [7, 11) is 2.07. The maximum absolute atomic E-state index is 14.8. The molecule has 0 amide bonds. The number of halogens is 1. The number of likely N-dealkylation sites (tertiary alicyclic amines) is 1. The third kappa shape index (κ3) is 6.94. The van der Waals surface area contributed by atoms with Gasteiger partial charge in [0.25, 0.3) is 0 Å². The van der Waals surface area contributed by atoms with Crippen molar-refractivity contribution in [3.05, 3.63) is 89.9 Å². The number of hydrogen-bond acceptors (Lipinski definition) is 7. The number of pyridine rings is 1. The third-order valence-electron chi connectivity index (χ3n) is 5.33. The second-order valence-corrected chi connectivity index (χ2v) is 8.08. The fourth-order valence-corrected chi connectivity index (χ4v) is 3.69. The van der Waals surface area contributed by atoms with Gasteiger partial charge in [-0.1, -0.05) is 18.7 Å². The van der Waals surface area contributed by atoms with Crippen LogP contribution in [0.4, 0.5) is 21.5 Å². The Morgan fingerprint density at radius 3 is 2.71 bits per heavy atom. The van der Waals surface area contributed by atoms with E-state index in [1.807, 2.05) is 25.1 Å². The number of aromatic nitrogens is 1. The van der Waals surface area contributed by atoms with Crippen LogP contribution in [0.25, 0.3) is 0 Å². The van der Waals surface area contributed by atoms with Crippen LogP contribution in [0, 0.1) is 17.6 Å². The van der Waals surface area contributed by atoms with Gasteiger partial charge in [0.05, 0.1) is 22.9 Å². The number of benzene rings is 2. The maximum Gasteiger partial charge on any atom is 0.167 e. The molecule has 1 aliphatic rings. The zero-order chi connectivity index (χ0) is 25.2. The molecule has 4 rings (SSSR count). The smallest absolute Gasteiger partial charge is 0.167 e. The largest absolute Gasteiger partial charge is 0.454 e. The van der Waals surface area contributed by atoms with Crippen LogP contribution in [0.5, 0.6) is 11.5 Å². The lowest BCUT2D eigenvalue weighted by molar-refractivity contribution is -0.104. The predicted molar refractivity (Wildman–Crippen MR) is 136 cm³/mol. The average Bonchev–Trinajstić information content (AvgIpc) is 3.27. The van der Waals surface area contributed by atoms with Crippen molar-refractivity contribution in [3.63, 3.8) is 0 Å². The van der Waals surface area contributed by atoms with Gasteiger partial charge in [-0.3, -0.25) is 9.78 Å². The van der Waals surface area contributed by atoms with Gasteiger partial charge in [0.2, 0.25) is 0 Å². The lowest BCUT2D eigenvalue weighted by atomic mass is 10.2. The molecular formula is C26H28FN5O3. The molecule has 3 aromatic rings. The van der Waals surface area contributed by atoms with Crippen molar-refractivity contribution < 1.29 is 13.9 Å². The number of nitrogens with zero attached hydrogens (tertiary/aromatic N) is 4. The number of hydrogen-bond donors (Lipinski definition) is 1. The minimum Gasteiger partial charge on any atom is -0.454 e. The summed E-state index contributed by atoms with van der Waals surface area (Å²) in [6, 6.07) is 13.7. The van der Waals surface area contributed by atoms with Crippen molar-refractivity contribution in [3.8, 4) is 11.5 Å². The SMILES string of the molecule is C=CC=O.Cc1cccc(Oc2ccc(N(N=O)c3cnccc3NC3CCN(C)C3)cc2F)c1. The number of aryl methyl sites for hydroxylation is 1. The summed E-state index contributed by atoms with van der Waals surface area (Å²) < 4.78 is 20.4. The minimum absolute atomic E-state index is 0.0683. The average molecular weight is 478 g/mol. The van der Waals surface area contributed by atoms with Gasteiger partial charge in [-0.05, 0) is 68.9 Å². The summed E-state index contributed by atoms with van der Waals surface area (Å²) in [5.74, 6) is 0.0134. The van der Waals surface area contributed by atoms with E-state index in [4.69, 9.17) is 9.53 Å². The van der Waals surface area contributed by atoms with Crippen LogP contribution >= 0.6 is 0 Å². The Morgan fingerprint density at radius 1 is 1.29 bits per heavy atom. The molecule has 182 valence electrons. The van der Waals surface area contributed by atoms with Crippen molar-refractivity contribution in [2.45, 2.75) is 19.4 Å². The molecule has 0 saturated carbocycles. The van der Waals surface area contributed by atoms with Gasteiger partial charge in [-0.2, -0.15) is 5.01 Å². The Hall–Kier alpha value is -4.11. The van der Waals surface area contributed by atoms with Crippen LogP contribution in [-0.4, -0.2) is 42.3 Å². The lowest BCUT2D eigenvalue weighted by Gasteiger charge is -2.22. The molecule has 2 aromatic carbocycles. The van der Waals surface area contributed by atoms with E-state index in [1.165, 1.54) is 24.4 Å². The highest BCUT2D eigenvalue weighted by atomic mass is 19.1. The number of likely N-dealkylation sites (N-methyl/N-ethyl adjacent to an activating group) is 1. The summed E-state index contributed by atoms with van der Waals surface area (Å²) in [6.45, 7) is 6.94. The molecule has 2 heterocycles. The van der Waals surface area contributed by atoms with Gasteiger partial charge < -0.3 is 15.0 Å². The summed E-state index contributed by atoms with van der Waals surface area (Å²) in [4.78, 5) is 27.1. The maximum atomic E-state index is 14.8. The number of nitrogens with one attached hydrogen (secondary N) is 1. The predicted octanol–water partition coefficient (Wildman–Crippen LogP) is 5.63. The quantitative estimate of drug-likeness (QED) is 0.195. The summed E-state index contributed by atoms with van der Waals surface area (Å²) >= 11 is 0. The van der Waals surface area contributed by atoms with E-state index >= 15 is 0 Å². The highest BCUT2D eigenvalue weighted by Crippen LogP contribution is 2.35. The minimum atomic E-state index is -0.594. The molecule has 0 aliphatic carbocycles. The molecule has 9 heteroatoms. The molecule has 1 fully saturated rings.